The number of nitrogens with zero attached hydrogens (tertiary/aromatic N) is 4. The molecular weight excluding hydrogens is 260 g/mol. The SMILES string of the molecule is CCOCc1nc(NN)cc(N(C)CC(=O)N(C)C)n1. The fourth-order valence-corrected chi connectivity index (χ4v) is 1.44. The number of ether oxygens (including phenoxy) is 1. The van der Waals surface area contributed by atoms with E-state index in [2.05, 4.69) is 15.4 Å². The molecule has 0 aliphatic carbocycles. The van der Waals surface area contributed by atoms with Crippen molar-refractivity contribution in [3.63, 3.8) is 0 Å². The summed E-state index contributed by atoms with van der Waals surface area (Å²) in [4.78, 5) is 23.5. The van der Waals surface area contributed by atoms with Gasteiger partial charge in [-0.15, -0.1) is 0 Å². The molecule has 3 N–H and O–H groups in total. The van der Waals surface area contributed by atoms with Crippen LogP contribution < -0.4 is 16.2 Å². The third kappa shape index (κ3) is 4.63. The smallest absolute Gasteiger partial charge is 0.241 e. The Kier molecular flexibility index (Phi) is 6.13. The van der Waals surface area contributed by atoms with E-state index in [-0.39, 0.29) is 12.5 Å². The van der Waals surface area contributed by atoms with Gasteiger partial charge in [0.1, 0.15) is 18.2 Å². The zero-order valence-electron chi connectivity index (χ0n) is 12.4. The fraction of sp³-hybridized carbons (Fsp3) is 0.583. The molecule has 0 atom stereocenters. The fourth-order valence-electron chi connectivity index (χ4n) is 1.44. The molecule has 0 saturated heterocycles. The Labute approximate surface area is 118 Å². The summed E-state index contributed by atoms with van der Waals surface area (Å²) < 4.78 is 5.29. The van der Waals surface area contributed by atoms with Gasteiger partial charge >= 0.3 is 0 Å². The third-order valence-corrected chi connectivity index (χ3v) is 2.60. The van der Waals surface area contributed by atoms with Gasteiger partial charge in [-0.25, -0.2) is 15.8 Å². The Hall–Kier alpha value is -1.93. The van der Waals surface area contributed by atoms with E-state index in [0.717, 1.165) is 0 Å². The van der Waals surface area contributed by atoms with Crippen LogP contribution in [0.2, 0.25) is 0 Å². The number of rotatable bonds is 7. The van der Waals surface area contributed by atoms with Crippen molar-refractivity contribution in [2.45, 2.75) is 13.5 Å². The summed E-state index contributed by atoms with van der Waals surface area (Å²) in [6, 6.07) is 1.68. The normalized spacial score (nSPS) is 10.2. The van der Waals surface area contributed by atoms with Gasteiger partial charge < -0.3 is 20.0 Å². The van der Waals surface area contributed by atoms with E-state index in [4.69, 9.17) is 10.6 Å². The zero-order chi connectivity index (χ0) is 15.1. The first kappa shape index (κ1) is 16.1. The van der Waals surface area contributed by atoms with Crippen molar-refractivity contribution in [3.8, 4) is 0 Å². The number of nitrogen functional groups attached to an aromatic ring is 1. The highest BCUT2D eigenvalue weighted by atomic mass is 16.5. The summed E-state index contributed by atoms with van der Waals surface area (Å²) in [6.45, 7) is 3.00. The molecule has 8 heteroatoms. The molecular formula is C12H22N6O2. The molecule has 20 heavy (non-hydrogen) atoms. The first-order chi connectivity index (χ1) is 9.47. The van der Waals surface area contributed by atoms with E-state index in [1.807, 2.05) is 6.92 Å². The maximum absolute atomic E-state index is 11.7. The number of carbonyl (C=O) groups excluding carboxylic acids is 1. The zero-order valence-corrected chi connectivity index (χ0v) is 12.4. The Morgan fingerprint density at radius 3 is 2.65 bits per heavy atom. The van der Waals surface area contributed by atoms with Crippen molar-refractivity contribution in [1.29, 1.82) is 0 Å². The van der Waals surface area contributed by atoms with Crippen molar-refractivity contribution in [3.05, 3.63) is 11.9 Å². The Bertz CT molecular complexity index is 452. The molecule has 0 aromatic carbocycles. The molecule has 8 nitrogen and oxygen atoms in total. The lowest BCUT2D eigenvalue weighted by Gasteiger charge is -2.21. The molecule has 0 aliphatic rings. The van der Waals surface area contributed by atoms with E-state index in [0.29, 0.717) is 30.7 Å². The number of nitrogens with one attached hydrogen (secondary N) is 1. The van der Waals surface area contributed by atoms with Crippen molar-refractivity contribution >= 4 is 17.5 Å². The minimum Gasteiger partial charge on any atom is -0.374 e. The lowest BCUT2D eigenvalue weighted by molar-refractivity contribution is -0.127. The van der Waals surface area contributed by atoms with Crippen LogP contribution in [-0.2, 0) is 16.1 Å². The standard InChI is InChI=1S/C12H22N6O2/c1-5-20-8-10-14-9(16-13)6-11(15-10)18(4)7-12(19)17(2)3/h6H,5,7-8,13H2,1-4H3,(H,14,15,16). The van der Waals surface area contributed by atoms with Crippen molar-refractivity contribution < 1.29 is 9.53 Å². The van der Waals surface area contributed by atoms with Gasteiger partial charge in [-0.1, -0.05) is 0 Å². The summed E-state index contributed by atoms with van der Waals surface area (Å²) in [5, 5.41) is 0. The second kappa shape index (κ2) is 7.61. The Morgan fingerprint density at radius 1 is 1.40 bits per heavy atom. The summed E-state index contributed by atoms with van der Waals surface area (Å²) in [6.07, 6.45) is 0. The highest BCUT2D eigenvalue weighted by molar-refractivity contribution is 5.80. The number of nitrogens with two attached hydrogens (primary N) is 1. The van der Waals surface area contributed by atoms with Crippen LogP contribution in [0.3, 0.4) is 0 Å². The van der Waals surface area contributed by atoms with Crippen molar-refractivity contribution in [2.24, 2.45) is 5.84 Å². The quantitative estimate of drug-likeness (QED) is 0.529. The molecule has 0 aliphatic heterocycles. The second-order valence-electron chi connectivity index (χ2n) is 4.45. The predicted molar refractivity (Wildman–Crippen MR) is 77.1 cm³/mol. The summed E-state index contributed by atoms with van der Waals surface area (Å²) in [5.74, 6) is 6.98. The van der Waals surface area contributed by atoms with E-state index in [9.17, 15) is 4.79 Å². The van der Waals surface area contributed by atoms with Gasteiger partial charge in [-0.3, -0.25) is 4.79 Å². The van der Waals surface area contributed by atoms with Crippen LogP contribution in [0.5, 0.6) is 0 Å². The van der Waals surface area contributed by atoms with Gasteiger partial charge in [0.05, 0.1) is 6.54 Å². The molecule has 0 unspecified atom stereocenters. The predicted octanol–water partition coefficient (Wildman–Crippen LogP) is -0.177. The number of hydrazine groups is 1. The molecule has 0 spiro atoms. The topological polar surface area (TPSA) is 96.6 Å². The maximum Gasteiger partial charge on any atom is 0.241 e. The Morgan fingerprint density at radius 2 is 2.10 bits per heavy atom. The van der Waals surface area contributed by atoms with Gasteiger partial charge in [0.2, 0.25) is 5.91 Å². The van der Waals surface area contributed by atoms with Crippen LogP contribution in [0.4, 0.5) is 11.6 Å². The van der Waals surface area contributed by atoms with Gasteiger partial charge in [0.15, 0.2) is 5.82 Å². The molecule has 1 rings (SSSR count). The van der Waals surface area contributed by atoms with E-state index >= 15 is 0 Å². The highest BCUT2D eigenvalue weighted by Gasteiger charge is 2.12. The van der Waals surface area contributed by atoms with Crippen LogP contribution in [0.15, 0.2) is 6.07 Å². The number of hydrogen-bond donors (Lipinski definition) is 2. The Balaban J connectivity index is 2.89. The number of anilines is 2. The highest BCUT2D eigenvalue weighted by Crippen LogP contribution is 2.14. The van der Waals surface area contributed by atoms with Crippen LogP contribution in [0, 0.1) is 0 Å². The molecule has 0 bridgehead atoms. The number of carbonyl (C=O) groups is 1. The molecule has 1 amide bonds. The number of likely N-dealkylation sites (N-methyl/N-ethyl adjacent to an activating group) is 2. The number of aromatic nitrogens is 2. The third-order valence-electron chi connectivity index (χ3n) is 2.60. The van der Waals surface area contributed by atoms with Crippen LogP contribution >= 0.6 is 0 Å². The second-order valence-corrected chi connectivity index (χ2v) is 4.45. The lowest BCUT2D eigenvalue weighted by Crippen LogP contribution is -2.35. The average molecular weight is 282 g/mol. The molecule has 112 valence electrons. The number of amides is 1. The molecule has 0 fully saturated rings. The average Bonchev–Trinajstić information content (AvgIpc) is 2.44. The van der Waals surface area contributed by atoms with E-state index < -0.39 is 0 Å². The minimum absolute atomic E-state index is 0.0141. The summed E-state index contributed by atoms with van der Waals surface area (Å²) in [5.41, 5.74) is 2.49. The van der Waals surface area contributed by atoms with Crippen LogP contribution in [0.25, 0.3) is 0 Å². The van der Waals surface area contributed by atoms with Crippen molar-refractivity contribution in [2.75, 3.05) is 44.6 Å². The van der Waals surface area contributed by atoms with Crippen LogP contribution in [-0.4, -0.2) is 55.1 Å². The maximum atomic E-state index is 11.7. The molecule has 1 heterocycles. The molecule has 0 saturated carbocycles. The van der Waals surface area contributed by atoms with E-state index in [1.54, 1.807) is 32.1 Å². The minimum atomic E-state index is -0.0141. The summed E-state index contributed by atoms with van der Waals surface area (Å²) >= 11 is 0. The lowest BCUT2D eigenvalue weighted by atomic mass is 10.4. The van der Waals surface area contributed by atoms with Gasteiger partial charge in [-0.05, 0) is 6.92 Å². The van der Waals surface area contributed by atoms with Gasteiger partial charge in [0, 0.05) is 33.8 Å². The van der Waals surface area contributed by atoms with Crippen molar-refractivity contribution in [1.82, 2.24) is 14.9 Å². The first-order valence-electron chi connectivity index (χ1n) is 6.31. The monoisotopic (exact) mass is 282 g/mol. The molecule has 1 aromatic rings. The van der Waals surface area contributed by atoms with Crippen LogP contribution in [0.1, 0.15) is 12.7 Å². The molecule has 0 radical (unpaired) electrons. The first-order valence-corrected chi connectivity index (χ1v) is 6.31. The largest absolute Gasteiger partial charge is 0.374 e. The number of hydrogen-bond acceptors (Lipinski definition) is 7. The van der Waals surface area contributed by atoms with E-state index in [1.165, 1.54) is 4.90 Å². The summed E-state index contributed by atoms with van der Waals surface area (Å²) in [7, 11) is 5.21. The van der Waals surface area contributed by atoms with Gasteiger partial charge in [-0.2, -0.15) is 0 Å². The van der Waals surface area contributed by atoms with Gasteiger partial charge in [0.25, 0.3) is 0 Å². The molecule has 1 aromatic heterocycles.